The number of phenols is 1. The Morgan fingerprint density at radius 3 is 1.21 bits per heavy atom. The zero-order chi connectivity index (χ0) is 20.4. The van der Waals surface area contributed by atoms with E-state index in [9.17, 15) is 5.11 Å². The topological polar surface area (TPSA) is 20.2 Å². The summed E-state index contributed by atoms with van der Waals surface area (Å²) in [7, 11) is 0. The molecule has 0 atom stereocenters. The fourth-order valence-electron chi connectivity index (χ4n) is 3.91. The summed E-state index contributed by atoms with van der Waals surface area (Å²) in [5.74, 6) is 0.275. The van der Waals surface area contributed by atoms with Crippen molar-refractivity contribution in [3.8, 4) is 5.75 Å². The summed E-state index contributed by atoms with van der Waals surface area (Å²) < 4.78 is 2.41. The van der Waals surface area contributed by atoms with Gasteiger partial charge in [-0.05, 0) is 111 Å². The molecule has 144 valence electrons. The van der Waals surface area contributed by atoms with Crippen molar-refractivity contribution in [1.82, 2.24) is 0 Å². The molecule has 3 heteroatoms. The van der Waals surface area contributed by atoms with Crippen molar-refractivity contribution in [2.24, 2.45) is 0 Å². The summed E-state index contributed by atoms with van der Waals surface area (Å²) in [5, 5.41) is 9.94. The predicted octanol–water partition coefficient (Wildman–Crippen LogP) is 7.29. The summed E-state index contributed by atoms with van der Waals surface area (Å²) in [4.78, 5) is 0. The van der Waals surface area contributed by atoms with Crippen LogP contribution in [0.2, 0.25) is 0 Å². The van der Waals surface area contributed by atoms with Crippen LogP contribution in [0, 0.1) is 14.1 Å². The third-order valence-corrected chi connectivity index (χ3v) is 6.78. The van der Waals surface area contributed by atoms with E-state index in [1.54, 1.807) is 12.1 Å². The quantitative estimate of drug-likeness (QED) is 0.192. The molecular formula is C26H20I2O. The van der Waals surface area contributed by atoms with Crippen molar-refractivity contribution in [1.29, 1.82) is 0 Å². The summed E-state index contributed by atoms with van der Waals surface area (Å²) >= 11 is 4.70. The lowest BCUT2D eigenvalue weighted by atomic mass is 9.65. The molecule has 0 bridgehead atoms. The molecule has 29 heavy (non-hydrogen) atoms. The number of aromatic hydroxyl groups is 1. The van der Waals surface area contributed by atoms with E-state index in [-0.39, 0.29) is 5.75 Å². The molecule has 0 unspecified atom stereocenters. The SMILES string of the molecule is Cc1ccc(C(c2ccc(O)cc2)(c2ccc(I)cc2)c2ccc(I)cc2)cc1. The van der Waals surface area contributed by atoms with Crippen LogP contribution in [0.15, 0.2) is 97.1 Å². The molecule has 4 rings (SSSR count). The summed E-state index contributed by atoms with van der Waals surface area (Å²) in [5.41, 5.74) is 5.49. The molecule has 0 saturated heterocycles. The van der Waals surface area contributed by atoms with Crippen LogP contribution < -0.4 is 0 Å². The Labute approximate surface area is 199 Å². The third kappa shape index (κ3) is 3.94. The third-order valence-electron chi connectivity index (χ3n) is 5.34. The molecule has 0 fully saturated rings. The smallest absolute Gasteiger partial charge is 0.115 e. The first-order chi connectivity index (χ1) is 14.0. The minimum Gasteiger partial charge on any atom is -0.508 e. The Morgan fingerprint density at radius 2 is 0.828 bits per heavy atom. The molecule has 1 N–H and O–H groups in total. The van der Waals surface area contributed by atoms with E-state index >= 15 is 0 Å². The van der Waals surface area contributed by atoms with Gasteiger partial charge in [0.05, 0.1) is 5.41 Å². The Bertz CT molecular complexity index is 910. The highest BCUT2D eigenvalue weighted by molar-refractivity contribution is 14.1. The average molecular weight is 602 g/mol. The van der Waals surface area contributed by atoms with Gasteiger partial charge in [-0.2, -0.15) is 0 Å². The van der Waals surface area contributed by atoms with Gasteiger partial charge in [-0.3, -0.25) is 0 Å². The minimum atomic E-state index is -0.476. The van der Waals surface area contributed by atoms with Crippen LogP contribution in [0.1, 0.15) is 27.8 Å². The van der Waals surface area contributed by atoms with Crippen LogP contribution in [0.5, 0.6) is 5.75 Å². The standard InChI is InChI=1S/C26H20I2O/c1-18-2-4-19(5-3-18)26(20-6-12-23(27)13-7-20,21-8-14-24(28)15-9-21)22-10-16-25(29)17-11-22/h2-17,29H,1H3. The van der Waals surface area contributed by atoms with E-state index in [4.69, 9.17) is 0 Å². The van der Waals surface area contributed by atoms with Gasteiger partial charge in [-0.1, -0.05) is 66.2 Å². The summed E-state index contributed by atoms with van der Waals surface area (Å²) in [6.45, 7) is 2.11. The monoisotopic (exact) mass is 602 g/mol. The molecule has 4 aromatic rings. The van der Waals surface area contributed by atoms with Crippen LogP contribution in [0.4, 0.5) is 0 Å². The van der Waals surface area contributed by atoms with Crippen molar-refractivity contribution >= 4 is 45.2 Å². The molecule has 1 nitrogen and oxygen atoms in total. The largest absolute Gasteiger partial charge is 0.508 e. The number of benzene rings is 4. The molecule has 0 aliphatic heterocycles. The molecule has 0 aliphatic rings. The Kier molecular flexibility index (Phi) is 5.97. The predicted molar refractivity (Wildman–Crippen MR) is 137 cm³/mol. The van der Waals surface area contributed by atoms with Gasteiger partial charge in [0.2, 0.25) is 0 Å². The number of phenolic OH excluding ortho intramolecular Hbond substituents is 1. The van der Waals surface area contributed by atoms with Gasteiger partial charge in [0.15, 0.2) is 0 Å². The maximum Gasteiger partial charge on any atom is 0.115 e. The fourth-order valence-corrected chi connectivity index (χ4v) is 4.63. The van der Waals surface area contributed by atoms with E-state index in [0.29, 0.717) is 0 Å². The van der Waals surface area contributed by atoms with E-state index in [1.807, 2.05) is 12.1 Å². The summed E-state index contributed by atoms with van der Waals surface area (Å²) in [6.07, 6.45) is 0. The van der Waals surface area contributed by atoms with Crippen LogP contribution in [0.3, 0.4) is 0 Å². The van der Waals surface area contributed by atoms with E-state index in [2.05, 4.69) is 125 Å². The highest BCUT2D eigenvalue weighted by atomic mass is 127. The van der Waals surface area contributed by atoms with E-state index < -0.39 is 5.41 Å². The van der Waals surface area contributed by atoms with Gasteiger partial charge in [0.25, 0.3) is 0 Å². The van der Waals surface area contributed by atoms with Gasteiger partial charge in [-0.15, -0.1) is 0 Å². The highest BCUT2D eigenvalue weighted by Gasteiger charge is 2.38. The molecular weight excluding hydrogens is 582 g/mol. The number of rotatable bonds is 4. The molecule has 0 amide bonds. The molecule has 0 spiro atoms. The minimum absolute atomic E-state index is 0.275. The first-order valence-corrected chi connectivity index (χ1v) is 11.5. The molecule has 0 aliphatic carbocycles. The van der Waals surface area contributed by atoms with Crippen molar-refractivity contribution in [3.05, 3.63) is 132 Å². The maximum absolute atomic E-state index is 9.94. The van der Waals surface area contributed by atoms with Gasteiger partial charge in [-0.25, -0.2) is 0 Å². The zero-order valence-corrected chi connectivity index (χ0v) is 20.3. The van der Waals surface area contributed by atoms with Crippen molar-refractivity contribution in [3.63, 3.8) is 0 Å². The Hall–Kier alpha value is -1.86. The number of hydrogen-bond donors (Lipinski definition) is 1. The summed E-state index contributed by atoms with van der Waals surface area (Å²) in [6, 6.07) is 33.9. The van der Waals surface area contributed by atoms with Crippen LogP contribution in [-0.2, 0) is 5.41 Å². The number of hydrogen-bond acceptors (Lipinski definition) is 1. The molecule has 0 heterocycles. The first-order valence-electron chi connectivity index (χ1n) is 9.39. The fraction of sp³-hybridized carbons (Fsp3) is 0.0769. The lowest BCUT2D eigenvalue weighted by Gasteiger charge is -2.37. The van der Waals surface area contributed by atoms with Crippen molar-refractivity contribution in [2.45, 2.75) is 12.3 Å². The van der Waals surface area contributed by atoms with Crippen molar-refractivity contribution < 1.29 is 5.11 Å². The normalized spacial score (nSPS) is 11.4. The van der Waals surface area contributed by atoms with Crippen LogP contribution >= 0.6 is 45.2 Å². The second-order valence-corrected chi connectivity index (χ2v) is 9.67. The van der Waals surface area contributed by atoms with E-state index in [1.165, 1.54) is 29.4 Å². The Balaban J connectivity index is 2.11. The van der Waals surface area contributed by atoms with Gasteiger partial charge in [0.1, 0.15) is 5.75 Å². The zero-order valence-electron chi connectivity index (χ0n) is 15.9. The van der Waals surface area contributed by atoms with E-state index in [0.717, 1.165) is 5.56 Å². The lowest BCUT2D eigenvalue weighted by Crippen LogP contribution is -2.31. The highest BCUT2D eigenvalue weighted by Crippen LogP contribution is 2.45. The number of aryl methyl sites for hydroxylation is 1. The van der Waals surface area contributed by atoms with Crippen LogP contribution in [0.25, 0.3) is 0 Å². The van der Waals surface area contributed by atoms with Gasteiger partial charge < -0.3 is 5.11 Å². The lowest BCUT2D eigenvalue weighted by molar-refractivity contribution is 0.475. The molecule has 0 radical (unpaired) electrons. The molecule has 4 aromatic carbocycles. The van der Waals surface area contributed by atoms with Crippen molar-refractivity contribution in [2.75, 3.05) is 0 Å². The van der Waals surface area contributed by atoms with Crippen LogP contribution in [-0.4, -0.2) is 5.11 Å². The second-order valence-electron chi connectivity index (χ2n) is 7.18. The average Bonchev–Trinajstić information content (AvgIpc) is 2.73. The maximum atomic E-state index is 9.94. The Morgan fingerprint density at radius 1 is 0.517 bits per heavy atom. The van der Waals surface area contributed by atoms with Gasteiger partial charge >= 0.3 is 0 Å². The number of halogens is 2. The second kappa shape index (κ2) is 8.48. The molecule has 0 aromatic heterocycles. The van der Waals surface area contributed by atoms with Gasteiger partial charge in [0, 0.05) is 7.14 Å². The first kappa shape index (κ1) is 20.4. The molecule has 0 saturated carbocycles.